The highest BCUT2D eigenvalue weighted by Gasteiger charge is 2.23. The molecule has 0 aliphatic heterocycles. The molecule has 0 bridgehead atoms. The summed E-state index contributed by atoms with van der Waals surface area (Å²) in [6.45, 7) is 0. The molecule has 19 heavy (non-hydrogen) atoms. The Morgan fingerprint density at radius 2 is 1.21 bits per heavy atom. The Balaban J connectivity index is 0.00000180. The molecule has 100 valence electrons. The summed E-state index contributed by atoms with van der Waals surface area (Å²) in [5.74, 6) is -0.116. The van der Waals surface area contributed by atoms with Crippen molar-refractivity contribution in [3.05, 3.63) is 71.8 Å². The van der Waals surface area contributed by atoms with Gasteiger partial charge in [0.15, 0.2) is 0 Å². The zero-order valence-corrected chi connectivity index (χ0v) is 11.9. The lowest BCUT2D eigenvalue weighted by Crippen LogP contribution is -2.28. The summed E-state index contributed by atoms with van der Waals surface area (Å²) in [5, 5.41) is 0. The van der Waals surface area contributed by atoms with Crippen molar-refractivity contribution in [2.45, 2.75) is 5.92 Å². The minimum atomic E-state index is -0.220. The smallest absolute Gasteiger partial charge is 0.234 e. The first-order valence-electron chi connectivity index (χ1n) is 6.01. The van der Waals surface area contributed by atoms with Gasteiger partial charge >= 0.3 is 0 Å². The van der Waals surface area contributed by atoms with Gasteiger partial charge in [0.2, 0.25) is 5.91 Å². The van der Waals surface area contributed by atoms with E-state index in [1.54, 1.807) is 19.0 Å². The minimum absolute atomic E-state index is 0. The molecular formula is C16H18ClNO. The van der Waals surface area contributed by atoms with Gasteiger partial charge in [-0.05, 0) is 11.1 Å². The number of hydrogen-bond acceptors (Lipinski definition) is 1. The molecule has 0 aliphatic carbocycles. The number of halogens is 1. The summed E-state index contributed by atoms with van der Waals surface area (Å²) in [5.41, 5.74) is 2.06. The van der Waals surface area contributed by atoms with Gasteiger partial charge < -0.3 is 4.90 Å². The van der Waals surface area contributed by atoms with Crippen LogP contribution in [0.1, 0.15) is 17.0 Å². The van der Waals surface area contributed by atoms with Gasteiger partial charge in [-0.1, -0.05) is 60.7 Å². The standard InChI is InChI=1S/C16H17NO.ClH/c1-17(2)16(18)15(13-9-5-3-6-10-13)14-11-7-4-8-12-14;/h3-12,15H,1-2H3;1H. The first kappa shape index (κ1) is 15.3. The van der Waals surface area contributed by atoms with Crippen LogP contribution >= 0.6 is 12.4 Å². The quantitative estimate of drug-likeness (QED) is 0.841. The van der Waals surface area contributed by atoms with E-state index in [-0.39, 0.29) is 24.2 Å². The van der Waals surface area contributed by atoms with E-state index in [9.17, 15) is 4.79 Å². The molecule has 1 amide bonds. The van der Waals surface area contributed by atoms with Crippen LogP contribution in [0.4, 0.5) is 0 Å². The van der Waals surface area contributed by atoms with Gasteiger partial charge in [0, 0.05) is 14.1 Å². The predicted molar refractivity (Wildman–Crippen MR) is 80.7 cm³/mol. The number of nitrogens with zero attached hydrogens (tertiary/aromatic N) is 1. The monoisotopic (exact) mass is 275 g/mol. The van der Waals surface area contributed by atoms with Crippen LogP contribution in [0.3, 0.4) is 0 Å². The second-order valence-corrected chi connectivity index (χ2v) is 4.49. The molecule has 0 saturated carbocycles. The van der Waals surface area contributed by atoms with Crippen LogP contribution < -0.4 is 0 Å². The molecule has 0 spiro atoms. The summed E-state index contributed by atoms with van der Waals surface area (Å²) in [6.07, 6.45) is 0. The van der Waals surface area contributed by atoms with Crippen LogP contribution in [0.2, 0.25) is 0 Å². The fourth-order valence-electron chi connectivity index (χ4n) is 2.03. The minimum Gasteiger partial charge on any atom is -0.348 e. The van der Waals surface area contributed by atoms with Crippen molar-refractivity contribution in [2.24, 2.45) is 0 Å². The van der Waals surface area contributed by atoms with Crippen LogP contribution in [0.15, 0.2) is 60.7 Å². The van der Waals surface area contributed by atoms with Gasteiger partial charge in [-0.3, -0.25) is 4.79 Å². The SMILES string of the molecule is CN(C)C(=O)C(c1ccccc1)c1ccccc1.Cl. The van der Waals surface area contributed by atoms with E-state index in [1.165, 1.54) is 0 Å². The van der Waals surface area contributed by atoms with Gasteiger partial charge in [0.05, 0.1) is 5.92 Å². The Kier molecular flexibility index (Phi) is 5.58. The molecule has 0 heterocycles. The Hall–Kier alpha value is -1.80. The van der Waals surface area contributed by atoms with Crippen molar-refractivity contribution >= 4 is 18.3 Å². The molecule has 2 aromatic carbocycles. The van der Waals surface area contributed by atoms with E-state index in [4.69, 9.17) is 0 Å². The molecule has 2 nitrogen and oxygen atoms in total. The third-order valence-electron chi connectivity index (χ3n) is 2.95. The molecule has 0 aliphatic rings. The van der Waals surface area contributed by atoms with Crippen molar-refractivity contribution in [3.8, 4) is 0 Å². The highest BCUT2D eigenvalue weighted by Crippen LogP contribution is 2.25. The van der Waals surface area contributed by atoms with E-state index >= 15 is 0 Å². The van der Waals surface area contributed by atoms with Crippen LogP contribution in [-0.4, -0.2) is 24.9 Å². The number of amides is 1. The number of likely N-dealkylation sites (N-methyl/N-ethyl adjacent to an activating group) is 1. The van der Waals surface area contributed by atoms with Gasteiger partial charge in [0.1, 0.15) is 0 Å². The highest BCUT2D eigenvalue weighted by atomic mass is 35.5. The van der Waals surface area contributed by atoms with Crippen molar-refractivity contribution in [1.82, 2.24) is 4.90 Å². The van der Waals surface area contributed by atoms with Crippen molar-refractivity contribution < 1.29 is 4.79 Å². The molecule has 0 unspecified atom stereocenters. The largest absolute Gasteiger partial charge is 0.348 e. The second-order valence-electron chi connectivity index (χ2n) is 4.49. The molecule has 2 rings (SSSR count). The summed E-state index contributed by atoms with van der Waals surface area (Å²) >= 11 is 0. The molecule has 0 radical (unpaired) electrons. The van der Waals surface area contributed by atoms with E-state index in [0.29, 0.717) is 0 Å². The van der Waals surface area contributed by atoms with Gasteiger partial charge in [0.25, 0.3) is 0 Å². The van der Waals surface area contributed by atoms with Crippen LogP contribution in [0, 0.1) is 0 Å². The third-order valence-corrected chi connectivity index (χ3v) is 2.95. The van der Waals surface area contributed by atoms with Crippen molar-refractivity contribution in [1.29, 1.82) is 0 Å². The maximum atomic E-state index is 12.4. The number of carbonyl (C=O) groups excluding carboxylic acids is 1. The first-order chi connectivity index (χ1) is 8.70. The van der Waals surface area contributed by atoms with Crippen molar-refractivity contribution in [2.75, 3.05) is 14.1 Å². The average molecular weight is 276 g/mol. The molecular weight excluding hydrogens is 258 g/mol. The van der Waals surface area contributed by atoms with Crippen molar-refractivity contribution in [3.63, 3.8) is 0 Å². The lowest BCUT2D eigenvalue weighted by atomic mass is 9.90. The lowest BCUT2D eigenvalue weighted by Gasteiger charge is -2.21. The second kappa shape index (κ2) is 6.95. The fraction of sp³-hybridized carbons (Fsp3) is 0.188. The molecule has 0 atom stereocenters. The molecule has 0 saturated heterocycles. The van der Waals surface area contributed by atoms with E-state index in [1.807, 2.05) is 60.7 Å². The zero-order valence-electron chi connectivity index (χ0n) is 11.1. The van der Waals surface area contributed by atoms with E-state index in [0.717, 1.165) is 11.1 Å². The van der Waals surface area contributed by atoms with Gasteiger partial charge in [-0.2, -0.15) is 0 Å². The van der Waals surface area contributed by atoms with Gasteiger partial charge in [-0.25, -0.2) is 0 Å². The number of benzene rings is 2. The predicted octanol–water partition coefficient (Wildman–Crippen LogP) is 3.33. The van der Waals surface area contributed by atoms with E-state index in [2.05, 4.69) is 0 Å². The normalized spacial score (nSPS) is 9.84. The number of hydrogen-bond donors (Lipinski definition) is 0. The number of rotatable bonds is 3. The lowest BCUT2D eigenvalue weighted by molar-refractivity contribution is -0.129. The van der Waals surface area contributed by atoms with Gasteiger partial charge in [-0.15, -0.1) is 12.4 Å². The number of carbonyl (C=O) groups is 1. The van der Waals surface area contributed by atoms with E-state index < -0.39 is 0 Å². The third kappa shape index (κ3) is 3.58. The Bertz CT molecular complexity index is 471. The Labute approximate surface area is 120 Å². The molecule has 0 fully saturated rings. The van der Waals surface area contributed by atoms with Crippen LogP contribution in [0.5, 0.6) is 0 Å². The average Bonchev–Trinajstić information content (AvgIpc) is 2.41. The Morgan fingerprint density at radius 3 is 1.53 bits per heavy atom. The molecule has 0 aromatic heterocycles. The zero-order chi connectivity index (χ0) is 13.0. The summed E-state index contributed by atoms with van der Waals surface area (Å²) in [6, 6.07) is 19.8. The first-order valence-corrected chi connectivity index (χ1v) is 6.01. The summed E-state index contributed by atoms with van der Waals surface area (Å²) in [4.78, 5) is 14.0. The fourth-order valence-corrected chi connectivity index (χ4v) is 2.03. The molecule has 3 heteroatoms. The molecule has 2 aromatic rings. The maximum Gasteiger partial charge on any atom is 0.234 e. The highest BCUT2D eigenvalue weighted by molar-refractivity contribution is 5.86. The van der Waals surface area contributed by atoms with Crippen LogP contribution in [-0.2, 0) is 4.79 Å². The van der Waals surface area contributed by atoms with Crippen LogP contribution in [0.25, 0.3) is 0 Å². The maximum absolute atomic E-state index is 12.4. The Morgan fingerprint density at radius 1 is 0.842 bits per heavy atom. The topological polar surface area (TPSA) is 20.3 Å². The summed E-state index contributed by atoms with van der Waals surface area (Å²) < 4.78 is 0. The summed E-state index contributed by atoms with van der Waals surface area (Å²) in [7, 11) is 3.59. The molecule has 0 N–H and O–H groups in total.